The smallest absolute Gasteiger partial charge is 0.139 e. The van der Waals surface area contributed by atoms with E-state index in [0.29, 0.717) is 5.02 Å². The molecule has 0 aromatic heterocycles. The Morgan fingerprint density at radius 3 is 2.58 bits per heavy atom. The van der Waals surface area contributed by atoms with Crippen molar-refractivity contribution in [3.63, 3.8) is 0 Å². The van der Waals surface area contributed by atoms with E-state index in [1.807, 2.05) is 48.5 Å². The number of hydrogen-bond donors (Lipinski definition) is 0. The number of hydrogen-bond acceptors (Lipinski definition) is 3. The van der Waals surface area contributed by atoms with E-state index >= 15 is 0 Å². The van der Waals surface area contributed by atoms with Crippen LogP contribution in [0.3, 0.4) is 0 Å². The molecule has 0 saturated carbocycles. The topological polar surface area (TPSA) is 21.7 Å². The van der Waals surface area contributed by atoms with E-state index < -0.39 is 0 Å². The minimum atomic E-state index is -0.0705. The highest BCUT2D eigenvalue weighted by Gasteiger charge is 2.33. The summed E-state index contributed by atoms with van der Waals surface area (Å²) in [6.07, 6.45) is 6.47. The van der Waals surface area contributed by atoms with E-state index in [2.05, 4.69) is 50.1 Å². The van der Waals surface area contributed by atoms with E-state index in [1.165, 1.54) is 5.69 Å². The molecule has 0 bridgehead atoms. The first-order valence-electron chi connectivity index (χ1n) is 10.3. The number of methoxy groups -OCH3 is 1. The monoisotopic (exact) mass is 429 g/mol. The van der Waals surface area contributed by atoms with Crippen molar-refractivity contribution in [2.45, 2.75) is 19.4 Å². The highest BCUT2D eigenvalue weighted by Crippen LogP contribution is 2.51. The summed E-state index contributed by atoms with van der Waals surface area (Å²) in [6, 6.07) is 18.1. The predicted molar refractivity (Wildman–Crippen MR) is 130 cm³/mol. The van der Waals surface area contributed by atoms with Crippen LogP contribution in [0, 0.1) is 0 Å². The lowest BCUT2D eigenvalue weighted by Gasteiger charge is -2.40. The standard InChI is InChI=1S/C27H24ClNO2/c1-27(2)15-14-18-21(29(27)3)13-12-19-25(18)24(16-17-8-5-6-9-20(17)28)31-23-11-7-10-22(30-4)26(19)23/h5-16H,1-4H3/b24-16-. The van der Waals surface area contributed by atoms with Gasteiger partial charge in [-0.05, 0) is 49.8 Å². The van der Waals surface area contributed by atoms with Crippen molar-refractivity contribution in [3.8, 4) is 22.6 Å². The second-order valence-corrected chi connectivity index (χ2v) is 8.84. The fourth-order valence-corrected chi connectivity index (χ4v) is 4.48. The Labute approximate surface area is 188 Å². The van der Waals surface area contributed by atoms with Crippen LogP contribution in [0.15, 0.2) is 60.7 Å². The molecule has 0 atom stereocenters. The van der Waals surface area contributed by atoms with Crippen LogP contribution in [0.2, 0.25) is 5.02 Å². The van der Waals surface area contributed by atoms with Gasteiger partial charge in [0.15, 0.2) is 0 Å². The molecule has 3 aromatic carbocycles. The van der Waals surface area contributed by atoms with Gasteiger partial charge in [-0.2, -0.15) is 0 Å². The summed E-state index contributed by atoms with van der Waals surface area (Å²) in [5.41, 5.74) is 6.26. The summed E-state index contributed by atoms with van der Waals surface area (Å²) in [4.78, 5) is 2.30. The highest BCUT2D eigenvalue weighted by molar-refractivity contribution is 6.32. The zero-order valence-electron chi connectivity index (χ0n) is 18.1. The van der Waals surface area contributed by atoms with Gasteiger partial charge in [0.05, 0.1) is 18.2 Å². The fourth-order valence-electron chi connectivity index (χ4n) is 4.29. The number of anilines is 1. The van der Waals surface area contributed by atoms with Crippen molar-refractivity contribution < 1.29 is 9.47 Å². The van der Waals surface area contributed by atoms with E-state index in [1.54, 1.807) is 7.11 Å². The number of rotatable bonds is 2. The molecule has 0 spiro atoms. The Hall–Kier alpha value is -3.17. The average molecular weight is 430 g/mol. The van der Waals surface area contributed by atoms with Gasteiger partial charge in [0, 0.05) is 34.4 Å². The lowest BCUT2D eigenvalue weighted by Crippen LogP contribution is -2.41. The van der Waals surface area contributed by atoms with Crippen LogP contribution in [-0.4, -0.2) is 19.7 Å². The second-order valence-electron chi connectivity index (χ2n) is 8.43. The van der Waals surface area contributed by atoms with Crippen molar-refractivity contribution in [1.82, 2.24) is 0 Å². The molecule has 2 aliphatic heterocycles. The minimum Gasteiger partial charge on any atom is -0.496 e. The molecule has 4 heteroatoms. The molecule has 5 rings (SSSR count). The van der Waals surface area contributed by atoms with Gasteiger partial charge in [-0.3, -0.25) is 0 Å². The van der Waals surface area contributed by atoms with Gasteiger partial charge in [-0.25, -0.2) is 0 Å². The Morgan fingerprint density at radius 1 is 1.00 bits per heavy atom. The molecule has 0 saturated heterocycles. The van der Waals surface area contributed by atoms with Gasteiger partial charge in [-0.15, -0.1) is 0 Å². The fraction of sp³-hybridized carbons (Fsp3) is 0.185. The van der Waals surface area contributed by atoms with E-state index in [0.717, 1.165) is 45.1 Å². The Bertz CT molecular complexity index is 1260. The molecule has 0 N–H and O–H groups in total. The zero-order valence-corrected chi connectivity index (χ0v) is 18.8. The molecule has 2 heterocycles. The number of benzene rings is 3. The molecule has 3 aromatic rings. The molecular weight excluding hydrogens is 406 g/mol. The van der Waals surface area contributed by atoms with Crippen molar-refractivity contribution in [3.05, 3.63) is 82.4 Å². The number of likely N-dealkylation sites (N-methyl/N-ethyl adjacent to an activating group) is 1. The zero-order chi connectivity index (χ0) is 21.8. The summed E-state index contributed by atoms with van der Waals surface area (Å²) in [7, 11) is 3.82. The number of halogens is 1. The van der Waals surface area contributed by atoms with Crippen LogP contribution in [0.1, 0.15) is 30.5 Å². The summed E-state index contributed by atoms with van der Waals surface area (Å²) in [5.74, 6) is 2.35. The van der Waals surface area contributed by atoms with Crippen molar-refractivity contribution in [2.75, 3.05) is 19.1 Å². The Kier molecular flexibility index (Phi) is 4.60. The summed E-state index contributed by atoms with van der Waals surface area (Å²) in [5, 5.41) is 0.690. The SMILES string of the molecule is COc1cccc2c1-c1ccc3c(c1/C(=C/c1ccccc1Cl)O2)C=CC(C)(C)N3C. The van der Waals surface area contributed by atoms with Crippen LogP contribution < -0.4 is 14.4 Å². The van der Waals surface area contributed by atoms with E-state index in [-0.39, 0.29) is 5.54 Å². The third-order valence-electron chi connectivity index (χ3n) is 6.24. The van der Waals surface area contributed by atoms with Crippen molar-refractivity contribution >= 4 is 35.2 Å². The molecule has 3 nitrogen and oxygen atoms in total. The number of fused-ring (bicyclic) bond motifs is 5. The first kappa shape index (κ1) is 19.8. The molecule has 0 radical (unpaired) electrons. The van der Waals surface area contributed by atoms with Gasteiger partial charge in [0.25, 0.3) is 0 Å². The van der Waals surface area contributed by atoms with E-state index in [4.69, 9.17) is 21.1 Å². The highest BCUT2D eigenvalue weighted by atomic mass is 35.5. The van der Waals surface area contributed by atoms with Crippen molar-refractivity contribution in [2.24, 2.45) is 0 Å². The van der Waals surface area contributed by atoms with Gasteiger partial charge < -0.3 is 14.4 Å². The largest absolute Gasteiger partial charge is 0.496 e. The second kappa shape index (κ2) is 7.21. The van der Waals surface area contributed by atoms with Crippen LogP contribution in [0.25, 0.3) is 29.0 Å². The molecule has 0 amide bonds. The van der Waals surface area contributed by atoms with Crippen LogP contribution in [0.4, 0.5) is 5.69 Å². The van der Waals surface area contributed by atoms with Gasteiger partial charge >= 0.3 is 0 Å². The van der Waals surface area contributed by atoms with Crippen LogP contribution in [-0.2, 0) is 0 Å². The number of ether oxygens (including phenoxy) is 2. The first-order valence-corrected chi connectivity index (χ1v) is 10.7. The van der Waals surface area contributed by atoms with Gasteiger partial charge in [0.2, 0.25) is 0 Å². The predicted octanol–water partition coefficient (Wildman–Crippen LogP) is 7.15. The van der Waals surface area contributed by atoms with Crippen LogP contribution in [0.5, 0.6) is 11.5 Å². The third kappa shape index (κ3) is 3.12. The maximum absolute atomic E-state index is 6.48. The molecule has 0 fully saturated rings. The maximum atomic E-state index is 6.48. The molecular formula is C27H24ClNO2. The lowest BCUT2D eigenvalue weighted by atomic mass is 9.85. The molecule has 156 valence electrons. The molecule has 0 unspecified atom stereocenters. The summed E-state index contributed by atoms with van der Waals surface area (Å²) in [6.45, 7) is 4.42. The molecule has 31 heavy (non-hydrogen) atoms. The van der Waals surface area contributed by atoms with E-state index in [9.17, 15) is 0 Å². The lowest BCUT2D eigenvalue weighted by molar-refractivity contribution is 0.412. The minimum absolute atomic E-state index is 0.0705. The first-order chi connectivity index (χ1) is 14.9. The normalized spacial score (nSPS) is 16.9. The Balaban J connectivity index is 1.83. The quantitative estimate of drug-likeness (QED) is 0.431. The van der Waals surface area contributed by atoms with Gasteiger partial charge in [0.1, 0.15) is 17.3 Å². The van der Waals surface area contributed by atoms with Crippen LogP contribution >= 0.6 is 11.6 Å². The van der Waals surface area contributed by atoms with Crippen molar-refractivity contribution in [1.29, 1.82) is 0 Å². The average Bonchev–Trinajstić information content (AvgIpc) is 2.77. The summed E-state index contributed by atoms with van der Waals surface area (Å²) >= 11 is 6.48. The third-order valence-corrected chi connectivity index (χ3v) is 6.59. The van der Waals surface area contributed by atoms with Gasteiger partial charge in [-0.1, -0.05) is 54.1 Å². The molecule has 2 aliphatic rings. The number of nitrogens with zero attached hydrogens (tertiary/aromatic N) is 1. The maximum Gasteiger partial charge on any atom is 0.139 e. The Morgan fingerprint density at radius 2 is 1.81 bits per heavy atom. The summed E-state index contributed by atoms with van der Waals surface area (Å²) < 4.78 is 12.2. The molecule has 0 aliphatic carbocycles.